The van der Waals surface area contributed by atoms with E-state index in [2.05, 4.69) is 25.2 Å². The van der Waals surface area contributed by atoms with Crippen LogP contribution in [-0.2, 0) is 10.9 Å². The first-order valence-electron chi connectivity index (χ1n) is 10.2. The Labute approximate surface area is 180 Å². The van der Waals surface area contributed by atoms with Crippen LogP contribution in [0.2, 0.25) is 0 Å². The number of halogens is 4. The zero-order valence-electron chi connectivity index (χ0n) is 17.1. The molecule has 1 fully saturated rings. The minimum atomic E-state index is -4.53. The second kappa shape index (κ2) is 7.89. The molecular formula is C21H21F4N5O2. The summed E-state index contributed by atoms with van der Waals surface area (Å²) in [5.41, 5.74) is -0.109. The number of hydrogen-bond donors (Lipinski definition) is 2. The molecule has 0 spiro atoms. The molecule has 1 aromatic carbocycles. The lowest BCUT2D eigenvalue weighted by Gasteiger charge is -2.43. The number of anilines is 1. The molecule has 2 aromatic heterocycles. The van der Waals surface area contributed by atoms with E-state index in [-0.39, 0.29) is 35.6 Å². The summed E-state index contributed by atoms with van der Waals surface area (Å²) >= 11 is 0. The van der Waals surface area contributed by atoms with Crippen LogP contribution in [0.4, 0.5) is 23.4 Å². The number of rotatable bonds is 3. The Balaban J connectivity index is 1.55. The number of nitrogens with zero attached hydrogens (tertiary/aromatic N) is 3. The van der Waals surface area contributed by atoms with Gasteiger partial charge in [-0.15, -0.1) is 0 Å². The first-order chi connectivity index (χ1) is 15.3. The van der Waals surface area contributed by atoms with E-state index < -0.39 is 23.7 Å². The number of benzene rings is 1. The number of H-pyrrole nitrogens is 1. The van der Waals surface area contributed by atoms with Crippen molar-refractivity contribution in [1.82, 2.24) is 19.9 Å². The van der Waals surface area contributed by atoms with Gasteiger partial charge in [-0.25, -0.2) is 14.4 Å². The van der Waals surface area contributed by atoms with E-state index in [0.29, 0.717) is 31.0 Å². The number of alkyl halides is 3. The molecule has 0 amide bonds. The van der Waals surface area contributed by atoms with Crippen molar-refractivity contribution >= 4 is 16.9 Å². The quantitative estimate of drug-likeness (QED) is 0.591. The maximum atomic E-state index is 13.8. The summed E-state index contributed by atoms with van der Waals surface area (Å²) in [7, 11) is 0. The van der Waals surface area contributed by atoms with E-state index in [4.69, 9.17) is 9.47 Å². The standard InChI is InChI=1S/C21H21F4N5O2/c1-11-8-30(4-5-31-11)15-9-32-16-6-12(22)2-3-13(16)18(15)29-20-14-7-17(21(23,24)25)28-19(14)26-10-27-20/h2-3,6-7,10-11,15,18H,4-5,8-9H2,1H3,(H2,26,27,28,29)/t11-,15+,18+/m0/s1. The van der Waals surface area contributed by atoms with Gasteiger partial charge in [-0.1, -0.05) is 6.07 Å². The van der Waals surface area contributed by atoms with Crippen molar-refractivity contribution in [3.8, 4) is 5.75 Å². The smallest absolute Gasteiger partial charge is 0.431 e. The van der Waals surface area contributed by atoms with Gasteiger partial charge >= 0.3 is 6.18 Å². The van der Waals surface area contributed by atoms with Gasteiger partial charge < -0.3 is 19.8 Å². The van der Waals surface area contributed by atoms with Gasteiger partial charge in [0.05, 0.1) is 30.2 Å². The fourth-order valence-electron chi connectivity index (χ4n) is 4.36. The first-order valence-corrected chi connectivity index (χ1v) is 10.2. The Hall–Kier alpha value is -2.92. The average molecular weight is 451 g/mol. The molecule has 3 atom stereocenters. The van der Waals surface area contributed by atoms with Crippen LogP contribution in [0.5, 0.6) is 5.75 Å². The lowest BCUT2D eigenvalue weighted by Crippen LogP contribution is -2.54. The number of nitrogens with one attached hydrogen (secondary N) is 2. The van der Waals surface area contributed by atoms with Crippen LogP contribution in [0.25, 0.3) is 11.0 Å². The van der Waals surface area contributed by atoms with Crippen LogP contribution in [0, 0.1) is 5.82 Å². The van der Waals surface area contributed by atoms with Crippen molar-refractivity contribution < 1.29 is 27.0 Å². The average Bonchev–Trinajstić information content (AvgIpc) is 3.20. The molecule has 0 bridgehead atoms. The van der Waals surface area contributed by atoms with Crippen LogP contribution >= 0.6 is 0 Å². The Morgan fingerprint density at radius 3 is 2.84 bits per heavy atom. The highest BCUT2D eigenvalue weighted by atomic mass is 19.4. The third-order valence-corrected chi connectivity index (χ3v) is 5.87. The SMILES string of the molecule is C[C@H]1CN([C@@H]2COc3cc(F)ccc3[C@H]2Nc2ncnc3[nH]c(C(F)(F)F)cc23)CCO1. The summed E-state index contributed by atoms with van der Waals surface area (Å²) in [5, 5.41) is 3.53. The van der Waals surface area contributed by atoms with Crippen molar-refractivity contribution in [3.63, 3.8) is 0 Å². The lowest BCUT2D eigenvalue weighted by atomic mass is 9.94. The van der Waals surface area contributed by atoms with Gasteiger partial charge in [0.2, 0.25) is 0 Å². The fourth-order valence-corrected chi connectivity index (χ4v) is 4.36. The largest absolute Gasteiger partial charge is 0.491 e. The summed E-state index contributed by atoms with van der Waals surface area (Å²) in [6, 6.07) is 4.73. The van der Waals surface area contributed by atoms with Gasteiger partial charge in [-0.2, -0.15) is 13.2 Å². The molecule has 3 aromatic rings. The molecule has 2 N–H and O–H groups in total. The van der Waals surface area contributed by atoms with Crippen molar-refractivity contribution in [3.05, 3.63) is 47.7 Å². The lowest BCUT2D eigenvalue weighted by molar-refractivity contribution is -0.140. The topological polar surface area (TPSA) is 75.3 Å². The minimum Gasteiger partial charge on any atom is -0.491 e. The number of fused-ring (bicyclic) bond motifs is 2. The van der Waals surface area contributed by atoms with Gasteiger partial charge in [0.25, 0.3) is 0 Å². The van der Waals surface area contributed by atoms with Crippen molar-refractivity contribution in [2.75, 3.05) is 31.6 Å². The predicted octanol–water partition coefficient (Wildman–Crippen LogP) is 3.75. The molecule has 0 radical (unpaired) electrons. The number of aromatic nitrogens is 3. The molecule has 11 heteroatoms. The minimum absolute atomic E-state index is 0.0313. The molecule has 4 heterocycles. The molecule has 0 unspecified atom stereocenters. The van der Waals surface area contributed by atoms with Crippen molar-refractivity contribution in [1.29, 1.82) is 0 Å². The van der Waals surface area contributed by atoms with E-state index in [1.807, 2.05) is 6.92 Å². The second-order valence-electron chi connectivity index (χ2n) is 8.02. The summed E-state index contributed by atoms with van der Waals surface area (Å²) in [5.74, 6) is 0.233. The summed E-state index contributed by atoms with van der Waals surface area (Å²) in [4.78, 5) is 12.7. The molecule has 7 nitrogen and oxygen atoms in total. The Morgan fingerprint density at radius 1 is 1.22 bits per heavy atom. The van der Waals surface area contributed by atoms with Crippen LogP contribution in [0.15, 0.2) is 30.6 Å². The molecule has 1 saturated heterocycles. The zero-order valence-corrected chi connectivity index (χ0v) is 17.1. The Morgan fingerprint density at radius 2 is 2.06 bits per heavy atom. The maximum Gasteiger partial charge on any atom is 0.431 e. The molecule has 2 aliphatic rings. The molecule has 170 valence electrons. The third kappa shape index (κ3) is 3.86. The Kier molecular flexibility index (Phi) is 5.17. The number of morpholine rings is 1. The van der Waals surface area contributed by atoms with E-state index in [0.717, 1.165) is 6.07 Å². The van der Waals surface area contributed by atoms with Crippen LogP contribution < -0.4 is 10.1 Å². The van der Waals surface area contributed by atoms with Crippen molar-refractivity contribution in [2.45, 2.75) is 31.3 Å². The predicted molar refractivity (Wildman–Crippen MR) is 108 cm³/mol. The highest BCUT2D eigenvalue weighted by Gasteiger charge is 2.38. The van der Waals surface area contributed by atoms with Gasteiger partial charge in [0.15, 0.2) is 0 Å². The molecule has 0 aliphatic carbocycles. The van der Waals surface area contributed by atoms with Crippen LogP contribution in [-0.4, -0.2) is 58.3 Å². The van der Waals surface area contributed by atoms with Gasteiger partial charge in [0.1, 0.15) is 41.7 Å². The van der Waals surface area contributed by atoms with Crippen molar-refractivity contribution in [2.24, 2.45) is 0 Å². The fraction of sp³-hybridized carbons (Fsp3) is 0.429. The summed E-state index contributed by atoms with van der Waals surface area (Å²) < 4.78 is 65.0. The zero-order chi connectivity index (χ0) is 22.5. The molecule has 32 heavy (non-hydrogen) atoms. The monoisotopic (exact) mass is 451 g/mol. The number of ether oxygens (including phenoxy) is 2. The highest BCUT2D eigenvalue weighted by Crippen LogP contribution is 2.39. The van der Waals surface area contributed by atoms with E-state index in [1.165, 1.54) is 18.5 Å². The third-order valence-electron chi connectivity index (χ3n) is 5.87. The number of hydrogen-bond acceptors (Lipinski definition) is 6. The second-order valence-corrected chi connectivity index (χ2v) is 8.02. The molecule has 5 rings (SSSR count). The van der Waals surface area contributed by atoms with E-state index >= 15 is 0 Å². The highest BCUT2D eigenvalue weighted by molar-refractivity contribution is 5.88. The van der Waals surface area contributed by atoms with Gasteiger partial charge in [-0.3, -0.25) is 4.90 Å². The van der Waals surface area contributed by atoms with Gasteiger partial charge in [-0.05, 0) is 19.1 Å². The van der Waals surface area contributed by atoms with E-state index in [9.17, 15) is 17.6 Å². The molecular weight excluding hydrogens is 430 g/mol. The normalized spacial score (nSPS) is 24.2. The summed E-state index contributed by atoms with van der Waals surface area (Å²) in [6.07, 6.45) is -3.30. The van der Waals surface area contributed by atoms with Gasteiger partial charge in [0, 0.05) is 24.7 Å². The molecule has 0 saturated carbocycles. The molecule has 2 aliphatic heterocycles. The first kappa shape index (κ1) is 21.0. The summed E-state index contributed by atoms with van der Waals surface area (Å²) in [6.45, 7) is 4.17. The van der Waals surface area contributed by atoms with E-state index in [1.54, 1.807) is 6.07 Å². The maximum absolute atomic E-state index is 13.8. The number of aromatic amines is 1. The van der Waals surface area contributed by atoms with Crippen LogP contribution in [0.1, 0.15) is 24.2 Å². The Bertz CT molecular complexity index is 1140. The van der Waals surface area contributed by atoms with Crippen LogP contribution in [0.3, 0.4) is 0 Å².